The van der Waals surface area contributed by atoms with Gasteiger partial charge in [-0.3, -0.25) is 9.59 Å². The van der Waals surface area contributed by atoms with Crippen molar-refractivity contribution in [3.8, 4) is 0 Å². The topological polar surface area (TPSA) is 92.3 Å². The predicted molar refractivity (Wildman–Crippen MR) is 112 cm³/mol. The van der Waals surface area contributed by atoms with Crippen LogP contribution in [-0.4, -0.2) is 31.7 Å². The van der Waals surface area contributed by atoms with E-state index in [4.69, 9.17) is 0 Å². The quantitative estimate of drug-likeness (QED) is 0.776. The van der Waals surface area contributed by atoms with Crippen LogP contribution >= 0.6 is 11.8 Å². The summed E-state index contributed by atoms with van der Waals surface area (Å²) in [5, 5.41) is 5.51. The molecule has 1 aliphatic heterocycles. The molecule has 0 aliphatic carbocycles. The summed E-state index contributed by atoms with van der Waals surface area (Å²) in [6.07, 6.45) is -0.146. The Kier molecular flexibility index (Phi) is 5.81. The number of benzene rings is 2. The van der Waals surface area contributed by atoms with Gasteiger partial charge in [-0.05, 0) is 50.1 Å². The lowest BCUT2D eigenvalue weighted by atomic mass is 10.1. The van der Waals surface area contributed by atoms with Crippen molar-refractivity contribution in [3.05, 3.63) is 47.0 Å². The zero-order valence-corrected chi connectivity index (χ0v) is 17.6. The van der Waals surface area contributed by atoms with Gasteiger partial charge in [0.1, 0.15) is 0 Å². The standard InChI is InChI=1S/C20H22N2O4S2/c1-12-8-13(2)20(14(3)9-12)22-18(23)6-7-28(25,26)15-4-5-17-16(10-15)21-19(24)11-27-17/h4-5,8-10H,6-7,11H2,1-3H3,(H,21,24)(H,22,23). The van der Waals surface area contributed by atoms with Crippen LogP contribution in [0.2, 0.25) is 0 Å². The molecule has 0 spiro atoms. The van der Waals surface area contributed by atoms with E-state index in [1.807, 2.05) is 32.9 Å². The van der Waals surface area contributed by atoms with E-state index in [2.05, 4.69) is 10.6 Å². The third-order valence-corrected chi connectivity index (χ3v) is 7.27. The van der Waals surface area contributed by atoms with Crippen LogP contribution in [0.1, 0.15) is 23.1 Å². The van der Waals surface area contributed by atoms with Crippen LogP contribution in [-0.2, 0) is 19.4 Å². The lowest BCUT2D eigenvalue weighted by molar-refractivity contribution is -0.116. The van der Waals surface area contributed by atoms with Crippen molar-refractivity contribution in [1.29, 1.82) is 0 Å². The molecule has 0 bridgehead atoms. The van der Waals surface area contributed by atoms with Crippen molar-refractivity contribution in [2.45, 2.75) is 37.0 Å². The van der Waals surface area contributed by atoms with E-state index in [1.54, 1.807) is 6.07 Å². The summed E-state index contributed by atoms with van der Waals surface area (Å²) in [6, 6.07) is 8.61. The van der Waals surface area contributed by atoms with Gasteiger partial charge in [0, 0.05) is 17.0 Å². The number of rotatable bonds is 5. The number of hydrogen-bond acceptors (Lipinski definition) is 5. The van der Waals surface area contributed by atoms with Crippen LogP contribution in [0.3, 0.4) is 0 Å². The molecule has 2 aromatic rings. The molecule has 2 amide bonds. The van der Waals surface area contributed by atoms with Crippen molar-refractivity contribution in [2.24, 2.45) is 0 Å². The number of fused-ring (bicyclic) bond motifs is 1. The molecule has 0 atom stereocenters. The lowest BCUT2D eigenvalue weighted by Gasteiger charge is -2.17. The number of anilines is 2. The third-order valence-electron chi connectivity index (χ3n) is 4.48. The average Bonchev–Trinajstić information content (AvgIpc) is 2.62. The second-order valence-electron chi connectivity index (χ2n) is 6.89. The molecule has 2 N–H and O–H groups in total. The highest BCUT2D eigenvalue weighted by molar-refractivity contribution is 8.00. The number of aryl methyl sites for hydroxylation is 3. The zero-order chi connectivity index (χ0) is 20.5. The van der Waals surface area contributed by atoms with Gasteiger partial charge < -0.3 is 10.6 Å². The minimum absolute atomic E-state index is 0.101. The van der Waals surface area contributed by atoms with Crippen LogP contribution in [0, 0.1) is 20.8 Å². The number of thioether (sulfide) groups is 1. The molecule has 1 heterocycles. The molecule has 0 saturated heterocycles. The second-order valence-corrected chi connectivity index (χ2v) is 10.0. The SMILES string of the molecule is Cc1cc(C)c(NC(=O)CCS(=O)(=O)c2ccc3c(c2)NC(=O)CS3)c(C)c1. The molecule has 3 rings (SSSR count). The molecule has 28 heavy (non-hydrogen) atoms. The van der Waals surface area contributed by atoms with E-state index in [0.29, 0.717) is 11.4 Å². The van der Waals surface area contributed by atoms with Gasteiger partial charge in [0.25, 0.3) is 0 Å². The zero-order valence-electron chi connectivity index (χ0n) is 16.0. The van der Waals surface area contributed by atoms with Gasteiger partial charge in [0.2, 0.25) is 11.8 Å². The molecular formula is C20H22N2O4S2. The molecule has 0 saturated carbocycles. The first kappa shape index (κ1) is 20.4. The maximum absolute atomic E-state index is 12.6. The van der Waals surface area contributed by atoms with E-state index in [9.17, 15) is 18.0 Å². The van der Waals surface area contributed by atoms with Gasteiger partial charge >= 0.3 is 0 Å². The van der Waals surface area contributed by atoms with Gasteiger partial charge in [-0.1, -0.05) is 17.7 Å². The molecule has 6 nitrogen and oxygen atoms in total. The highest BCUT2D eigenvalue weighted by Crippen LogP contribution is 2.33. The highest BCUT2D eigenvalue weighted by atomic mass is 32.2. The molecule has 0 unspecified atom stereocenters. The maximum Gasteiger partial charge on any atom is 0.234 e. The molecular weight excluding hydrogens is 396 g/mol. The second kappa shape index (κ2) is 7.97. The van der Waals surface area contributed by atoms with Crippen LogP contribution in [0.5, 0.6) is 0 Å². The molecule has 8 heteroatoms. The first-order valence-electron chi connectivity index (χ1n) is 8.83. The Morgan fingerprint density at radius 1 is 1.14 bits per heavy atom. The Balaban J connectivity index is 1.69. The normalized spacial score (nSPS) is 13.6. The molecule has 0 fully saturated rings. The molecule has 0 radical (unpaired) electrons. The van der Waals surface area contributed by atoms with Crippen LogP contribution in [0.4, 0.5) is 11.4 Å². The number of amides is 2. The Labute approximate surface area is 169 Å². The smallest absolute Gasteiger partial charge is 0.234 e. The van der Waals surface area contributed by atoms with Gasteiger partial charge in [-0.25, -0.2) is 8.42 Å². The van der Waals surface area contributed by atoms with Crippen molar-refractivity contribution in [3.63, 3.8) is 0 Å². The molecule has 0 aromatic heterocycles. The van der Waals surface area contributed by atoms with E-state index < -0.39 is 9.84 Å². The number of hydrogen-bond donors (Lipinski definition) is 2. The van der Waals surface area contributed by atoms with Crippen LogP contribution in [0.15, 0.2) is 40.1 Å². The fourth-order valence-corrected chi connectivity index (χ4v) is 5.23. The largest absolute Gasteiger partial charge is 0.326 e. The summed E-state index contributed by atoms with van der Waals surface area (Å²) in [4.78, 5) is 24.8. The van der Waals surface area contributed by atoms with Crippen molar-refractivity contribution >= 4 is 44.8 Å². The molecule has 2 aromatic carbocycles. The van der Waals surface area contributed by atoms with Crippen molar-refractivity contribution in [1.82, 2.24) is 0 Å². The Morgan fingerprint density at radius 2 is 1.82 bits per heavy atom. The Morgan fingerprint density at radius 3 is 2.50 bits per heavy atom. The fraction of sp³-hybridized carbons (Fsp3) is 0.300. The number of sulfone groups is 1. The Hall–Kier alpha value is -2.32. The fourth-order valence-electron chi connectivity index (χ4n) is 3.18. The van der Waals surface area contributed by atoms with Gasteiger partial charge in [0.15, 0.2) is 9.84 Å². The van der Waals surface area contributed by atoms with Gasteiger partial charge in [-0.15, -0.1) is 11.8 Å². The summed E-state index contributed by atoms with van der Waals surface area (Å²) >= 11 is 1.37. The summed E-state index contributed by atoms with van der Waals surface area (Å²) in [5.41, 5.74) is 4.21. The van der Waals surface area contributed by atoms with E-state index in [0.717, 1.165) is 27.3 Å². The molecule has 1 aliphatic rings. The van der Waals surface area contributed by atoms with Crippen molar-refractivity contribution in [2.75, 3.05) is 22.1 Å². The summed E-state index contributed by atoms with van der Waals surface area (Å²) in [6.45, 7) is 5.80. The van der Waals surface area contributed by atoms with E-state index >= 15 is 0 Å². The average molecular weight is 419 g/mol. The van der Waals surface area contributed by atoms with Gasteiger partial charge in [-0.2, -0.15) is 0 Å². The van der Waals surface area contributed by atoms with Gasteiger partial charge in [0.05, 0.1) is 22.1 Å². The maximum atomic E-state index is 12.6. The number of nitrogens with one attached hydrogen (secondary N) is 2. The summed E-state index contributed by atoms with van der Waals surface area (Å²) < 4.78 is 25.3. The number of carbonyl (C=O) groups excluding carboxylic acids is 2. The van der Waals surface area contributed by atoms with Crippen LogP contribution < -0.4 is 10.6 Å². The third kappa shape index (κ3) is 4.56. The lowest BCUT2D eigenvalue weighted by Crippen LogP contribution is -2.20. The predicted octanol–water partition coefficient (Wildman–Crippen LogP) is 3.46. The number of carbonyl (C=O) groups is 2. The van der Waals surface area contributed by atoms with Crippen molar-refractivity contribution < 1.29 is 18.0 Å². The van der Waals surface area contributed by atoms with Crippen LogP contribution in [0.25, 0.3) is 0 Å². The van der Waals surface area contributed by atoms with E-state index in [1.165, 1.54) is 23.9 Å². The first-order chi connectivity index (χ1) is 13.2. The monoisotopic (exact) mass is 418 g/mol. The minimum atomic E-state index is -3.65. The summed E-state index contributed by atoms with van der Waals surface area (Å²) in [7, 11) is -3.65. The van der Waals surface area contributed by atoms with E-state index in [-0.39, 0.29) is 28.9 Å². The highest BCUT2D eigenvalue weighted by Gasteiger charge is 2.21. The Bertz CT molecular complexity index is 1040. The summed E-state index contributed by atoms with van der Waals surface area (Å²) in [5.74, 6) is -0.490. The molecule has 148 valence electrons. The minimum Gasteiger partial charge on any atom is -0.326 e. The first-order valence-corrected chi connectivity index (χ1v) is 11.5.